The van der Waals surface area contributed by atoms with E-state index < -0.39 is 11.6 Å². The SMILES string of the molecule is COc1ccc(Cn2nc(-c3cccs3)oc2=O)cc1F. The van der Waals surface area contributed by atoms with Gasteiger partial charge < -0.3 is 9.15 Å². The molecule has 0 unspecified atom stereocenters. The largest absolute Gasteiger partial charge is 0.494 e. The maximum absolute atomic E-state index is 13.6. The predicted octanol–water partition coefficient (Wildman–Crippen LogP) is 2.76. The van der Waals surface area contributed by atoms with E-state index >= 15 is 0 Å². The van der Waals surface area contributed by atoms with Crippen LogP contribution in [0.2, 0.25) is 0 Å². The molecule has 0 aliphatic rings. The Kier molecular flexibility index (Phi) is 3.57. The number of aromatic nitrogens is 2. The van der Waals surface area contributed by atoms with Gasteiger partial charge in [-0.3, -0.25) is 0 Å². The van der Waals surface area contributed by atoms with E-state index in [2.05, 4.69) is 5.10 Å². The fourth-order valence-electron chi connectivity index (χ4n) is 1.89. The summed E-state index contributed by atoms with van der Waals surface area (Å²) in [6, 6.07) is 8.15. The Labute approximate surface area is 123 Å². The van der Waals surface area contributed by atoms with Crippen LogP contribution in [0.4, 0.5) is 4.39 Å². The second-order valence-electron chi connectivity index (χ2n) is 4.28. The molecule has 108 valence electrons. The number of hydrogen-bond donors (Lipinski definition) is 0. The van der Waals surface area contributed by atoms with E-state index in [1.165, 1.54) is 30.6 Å². The van der Waals surface area contributed by atoms with Gasteiger partial charge in [-0.2, -0.15) is 4.68 Å². The fraction of sp³-hybridized carbons (Fsp3) is 0.143. The minimum absolute atomic E-state index is 0.134. The Morgan fingerprint density at radius 3 is 2.95 bits per heavy atom. The third kappa shape index (κ3) is 2.73. The lowest BCUT2D eigenvalue weighted by Gasteiger charge is -2.04. The van der Waals surface area contributed by atoms with Gasteiger partial charge in [-0.1, -0.05) is 12.1 Å². The highest BCUT2D eigenvalue weighted by Gasteiger charge is 2.12. The van der Waals surface area contributed by atoms with Crippen molar-refractivity contribution in [1.82, 2.24) is 9.78 Å². The molecule has 2 aromatic heterocycles. The molecule has 0 saturated carbocycles. The molecule has 3 aromatic rings. The summed E-state index contributed by atoms with van der Waals surface area (Å²) in [4.78, 5) is 12.5. The molecule has 21 heavy (non-hydrogen) atoms. The Hall–Kier alpha value is -2.41. The van der Waals surface area contributed by atoms with Crippen LogP contribution in [0, 0.1) is 5.82 Å². The number of thiophene rings is 1. The first-order chi connectivity index (χ1) is 10.2. The maximum atomic E-state index is 13.6. The maximum Gasteiger partial charge on any atom is 0.437 e. The van der Waals surface area contributed by atoms with Gasteiger partial charge in [0.05, 0.1) is 18.5 Å². The van der Waals surface area contributed by atoms with Crippen molar-refractivity contribution < 1.29 is 13.5 Å². The van der Waals surface area contributed by atoms with Gasteiger partial charge in [-0.05, 0) is 29.1 Å². The van der Waals surface area contributed by atoms with Crippen LogP contribution >= 0.6 is 11.3 Å². The first kappa shape index (κ1) is 13.6. The Bertz CT molecular complexity index is 808. The summed E-state index contributed by atoms with van der Waals surface area (Å²) in [6.45, 7) is 0.134. The smallest absolute Gasteiger partial charge is 0.437 e. The van der Waals surface area contributed by atoms with Crippen molar-refractivity contribution in [2.45, 2.75) is 6.54 Å². The summed E-state index contributed by atoms with van der Waals surface area (Å²) >= 11 is 1.43. The number of rotatable bonds is 4. The quantitative estimate of drug-likeness (QED) is 0.743. The zero-order chi connectivity index (χ0) is 14.8. The molecule has 0 saturated heterocycles. The van der Waals surface area contributed by atoms with Crippen LogP contribution in [0.3, 0.4) is 0 Å². The summed E-state index contributed by atoms with van der Waals surface area (Å²) in [7, 11) is 1.40. The first-order valence-corrected chi connectivity index (χ1v) is 6.99. The monoisotopic (exact) mass is 306 g/mol. The standard InChI is InChI=1S/C14H11FN2O3S/c1-19-11-5-4-9(7-10(11)15)8-17-14(18)20-13(16-17)12-3-2-6-21-12/h2-7H,8H2,1H3. The van der Waals surface area contributed by atoms with Crippen LogP contribution in [-0.4, -0.2) is 16.9 Å². The Morgan fingerprint density at radius 2 is 2.29 bits per heavy atom. The van der Waals surface area contributed by atoms with Crippen LogP contribution in [0.15, 0.2) is 44.9 Å². The van der Waals surface area contributed by atoms with E-state index in [-0.39, 0.29) is 18.2 Å². The second-order valence-corrected chi connectivity index (χ2v) is 5.22. The molecule has 0 fully saturated rings. The van der Waals surface area contributed by atoms with Gasteiger partial charge >= 0.3 is 5.76 Å². The highest BCUT2D eigenvalue weighted by molar-refractivity contribution is 7.13. The normalized spacial score (nSPS) is 10.8. The fourth-order valence-corrected chi connectivity index (χ4v) is 2.53. The number of hydrogen-bond acceptors (Lipinski definition) is 5. The van der Waals surface area contributed by atoms with E-state index in [9.17, 15) is 9.18 Å². The van der Waals surface area contributed by atoms with Crippen LogP contribution in [0.25, 0.3) is 10.8 Å². The number of nitrogens with zero attached hydrogens (tertiary/aromatic N) is 2. The lowest BCUT2D eigenvalue weighted by Crippen LogP contribution is -2.16. The van der Waals surface area contributed by atoms with Gasteiger partial charge in [0.1, 0.15) is 0 Å². The van der Waals surface area contributed by atoms with Crippen molar-refractivity contribution in [2.24, 2.45) is 0 Å². The Morgan fingerprint density at radius 1 is 1.43 bits per heavy atom. The highest BCUT2D eigenvalue weighted by atomic mass is 32.1. The van der Waals surface area contributed by atoms with Crippen molar-refractivity contribution in [3.8, 4) is 16.5 Å². The summed E-state index contributed by atoms with van der Waals surface area (Å²) in [5.41, 5.74) is 0.599. The molecule has 1 aromatic carbocycles. The highest BCUT2D eigenvalue weighted by Crippen LogP contribution is 2.22. The van der Waals surface area contributed by atoms with E-state index in [1.807, 2.05) is 17.5 Å². The molecule has 0 atom stereocenters. The lowest BCUT2D eigenvalue weighted by atomic mass is 10.2. The topological polar surface area (TPSA) is 57.3 Å². The van der Waals surface area contributed by atoms with E-state index in [0.717, 1.165) is 9.56 Å². The van der Waals surface area contributed by atoms with Gasteiger partial charge in [0.25, 0.3) is 5.89 Å². The lowest BCUT2D eigenvalue weighted by molar-refractivity contribution is 0.386. The average Bonchev–Trinajstić information content (AvgIpc) is 3.10. The molecular formula is C14H11FN2O3S. The predicted molar refractivity (Wildman–Crippen MR) is 76.1 cm³/mol. The Balaban J connectivity index is 1.88. The van der Waals surface area contributed by atoms with Gasteiger partial charge in [-0.15, -0.1) is 16.4 Å². The molecule has 0 amide bonds. The summed E-state index contributed by atoms with van der Waals surface area (Å²) in [5, 5.41) is 5.98. The van der Waals surface area contributed by atoms with Crippen molar-refractivity contribution >= 4 is 11.3 Å². The minimum atomic E-state index is -0.574. The molecule has 3 rings (SSSR count). The molecule has 0 aliphatic carbocycles. The third-order valence-electron chi connectivity index (χ3n) is 2.89. The molecule has 0 radical (unpaired) electrons. The summed E-state index contributed by atoms with van der Waals surface area (Å²) in [5.74, 6) is -0.630. The van der Waals surface area contributed by atoms with Gasteiger partial charge in [0, 0.05) is 0 Å². The van der Waals surface area contributed by atoms with E-state index in [1.54, 1.807) is 6.07 Å². The van der Waals surface area contributed by atoms with Gasteiger partial charge in [0.15, 0.2) is 11.6 Å². The number of methoxy groups -OCH3 is 1. The molecule has 2 heterocycles. The number of halogens is 1. The van der Waals surface area contributed by atoms with Crippen molar-refractivity contribution in [2.75, 3.05) is 7.11 Å². The third-order valence-corrected chi connectivity index (χ3v) is 3.74. The molecule has 0 N–H and O–H groups in total. The summed E-state index contributed by atoms with van der Waals surface area (Å²) in [6.07, 6.45) is 0. The molecule has 0 bridgehead atoms. The van der Waals surface area contributed by atoms with Crippen LogP contribution in [0.1, 0.15) is 5.56 Å². The van der Waals surface area contributed by atoms with Crippen molar-refractivity contribution in [1.29, 1.82) is 0 Å². The van der Waals surface area contributed by atoms with Crippen LogP contribution < -0.4 is 10.5 Å². The van der Waals surface area contributed by atoms with E-state index in [4.69, 9.17) is 9.15 Å². The van der Waals surface area contributed by atoms with Crippen molar-refractivity contribution in [3.05, 3.63) is 57.6 Å². The molecule has 5 nitrogen and oxygen atoms in total. The first-order valence-electron chi connectivity index (χ1n) is 6.11. The minimum Gasteiger partial charge on any atom is -0.494 e. The molecule has 0 spiro atoms. The van der Waals surface area contributed by atoms with Crippen LogP contribution in [0.5, 0.6) is 5.75 Å². The van der Waals surface area contributed by atoms with Crippen molar-refractivity contribution in [3.63, 3.8) is 0 Å². The summed E-state index contributed by atoms with van der Waals surface area (Å²) < 4.78 is 24.7. The van der Waals surface area contributed by atoms with Gasteiger partial charge in [0.2, 0.25) is 0 Å². The van der Waals surface area contributed by atoms with E-state index in [0.29, 0.717) is 5.56 Å². The average molecular weight is 306 g/mol. The van der Waals surface area contributed by atoms with Crippen LogP contribution in [-0.2, 0) is 6.54 Å². The number of benzene rings is 1. The zero-order valence-corrected chi connectivity index (χ0v) is 11.9. The van der Waals surface area contributed by atoms with Gasteiger partial charge in [-0.25, -0.2) is 9.18 Å². The zero-order valence-electron chi connectivity index (χ0n) is 11.1. The molecular weight excluding hydrogens is 295 g/mol. The molecule has 0 aliphatic heterocycles. The molecule has 7 heteroatoms. The second kappa shape index (κ2) is 5.53. The number of ether oxygens (including phenoxy) is 1.